The summed E-state index contributed by atoms with van der Waals surface area (Å²) in [5.41, 5.74) is 0.838. The lowest BCUT2D eigenvalue weighted by atomic mass is 10.1. The molecule has 0 aliphatic rings. The first-order valence-electron chi connectivity index (χ1n) is 5.84. The number of carbonyl (C=O) groups excluding carboxylic acids is 1. The van der Waals surface area contributed by atoms with E-state index >= 15 is 0 Å². The lowest BCUT2D eigenvalue weighted by molar-refractivity contribution is -0.120. The molecule has 3 nitrogen and oxygen atoms in total. The van der Waals surface area contributed by atoms with E-state index in [4.69, 9.17) is 0 Å². The van der Waals surface area contributed by atoms with Crippen LogP contribution in [-0.4, -0.2) is 29.1 Å². The molecule has 0 bridgehead atoms. The van der Waals surface area contributed by atoms with Crippen molar-refractivity contribution in [2.45, 2.75) is 19.8 Å². The molecule has 2 N–H and O–H groups in total. The minimum atomic E-state index is 0.0112. The Labute approximate surface area is 107 Å². The number of aromatic hydroxyl groups is 1. The molecule has 0 saturated heterocycles. The summed E-state index contributed by atoms with van der Waals surface area (Å²) in [5, 5.41) is 12.1. The van der Waals surface area contributed by atoms with Gasteiger partial charge in [0, 0.05) is 6.54 Å². The molecule has 94 valence electrons. The van der Waals surface area contributed by atoms with Gasteiger partial charge in [0.25, 0.3) is 0 Å². The summed E-state index contributed by atoms with van der Waals surface area (Å²) < 4.78 is 0. The third-order valence-electron chi connectivity index (χ3n) is 2.27. The van der Waals surface area contributed by atoms with Gasteiger partial charge in [0.1, 0.15) is 5.75 Å². The first kappa shape index (κ1) is 13.9. The van der Waals surface area contributed by atoms with Crippen LogP contribution in [-0.2, 0) is 11.2 Å². The van der Waals surface area contributed by atoms with Gasteiger partial charge in [-0.3, -0.25) is 4.79 Å². The molecule has 1 aromatic carbocycles. The number of carbonyl (C=O) groups is 1. The summed E-state index contributed by atoms with van der Waals surface area (Å²) in [6.07, 6.45) is 1.33. The Morgan fingerprint density at radius 1 is 1.47 bits per heavy atom. The summed E-state index contributed by atoms with van der Waals surface area (Å²) in [6.45, 7) is 2.86. The van der Waals surface area contributed by atoms with Crippen LogP contribution in [0.25, 0.3) is 0 Å². The van der Waals surface area contributed by atoms with Crippen molar-refractivity contribution in [2.75, 3.05) is 18.1 Å². The molecule has 0 aromatic heterocycles. The quantitative estimate of drug-likeness (QED) is 0.732. The normalized spacial score (nSPS) is 10.2. The monoisotopic (exact) mass is 253 g/mol. The van der Waals surface area contributed by atoms with Gasteiger partial charge in [0.15, 0.2) is 0 Å². The third kappa shape index (κ3) is 6.22. The molecule has 1 aromatic rings. The predicted octanol–water partition coefficient (Wildman–Crippen LogP) is 2.19. The number of amides is 1. The maximum absolute atomic E-state index is 11.6. The van der Waals surface area contributed by atoms with Crippen LogP contribution >= 0.6 is 11.8 Å². The Bertz CT molecular complexity index is 355. The van der Waals surface area contributed by atoms with E-state index in [-0.39, 0.29) is 11.7 Å². The first-order valence-corrected chi connectivity index (χ1v) is 7.00. The van der Waals surface area contributed by atoms with Crippen molar-refractivity contribution in [2.24, 2.45) is 0 Å². The highest BCUT2D eigenvalue weighted by Gasteiger charge is 2.03. The van der Waals surface area contributed by atoms with Gasteiger partial charge in [-0.05, 0) is 35.6 Å². The van der Waals surface area contributed by atoms with Crippen molar-refractivity contribution in [1.82, 2.24) is 5.32 Å². The molecule has 0 aliphatic carbocycles. The molecule has 0 spiro atoms. The van der Waals surface area contributed by atoms with Crippen molar-refractivity contribution < 1.29 is 9.90 Å². The number of thioether (sulfide) groups is 1. The van der Waals surface area contributed by atoms with Crippen LogP contribution in [0, 0.1) is 0 Å². The number of rotatable bonds is 7. The zero-order valence-electron chi connectivity index (χ0n) is 10.1. The van der Waals surface area contributed by atoms with Crippen LogP contribution in [0.1, 0.15) is 18.9 Å². The number of phenolic OH excluding ortho intramolecular Hbond substituents is 1. The van der Waals surface area contributed by atoms with Crippen LogP contribution in [0.2, 0.25) is 0 Å². The van der Waals surface area contributed by atoms with Gasteiger partial charge in [0.05, 0.1) is 6.42 Å². The topological polar surface area (TPSA) is 49.3 Å². The lowest BCUT2D eigenvalue weighted by Gasteiger charge is -2.05. The molecule has 4 heteroatoms. The number of benzene rings is 1. The van der Waals surface area contributed by atoms with Crippen molar-refractivity contribution in [3.05, 3.63) is 29.8 Å². The summed E-state index contributed by atoms with van der Waals surface area (Å²) >= 11 is 1.88. The van der Waals surface area contributed by atoms with E-state index in [0.29, 0.717) is 6.42 Å². The standard InChI is InChI=1S/C13H19NO2S/c1-2-17-8-4-7-14-13(16)10-11-5-3-6-12(15)9-11/h3,5-6,9,15H,2,4,7-8,10H2,1H3,(H,14,16). The fourth-order valence-electron chi connectivity index (χ4n) is 1.46. The van der Waals surface area contributed by atoms with Gasteiger partial charge in [-0.15, -0.1) is 0 Å². The molecule has 0 radical (unpaired) electrons. The Morgan fingerprint density at radius 2 is 2.29 bits per heavy atom. The van der Waals surface area contributed by atoms with Gasteiger partial charge >= 0.3 is 0 Å². The molecule has 1 rings (SSSR count). The summed E-state index contributed by atoms with van der Waals surface area (Å²) in [7, 11) is 0. The minimum Gasteiger partial charge on any atom is -0.508 e. The van der Waals surface area contributed by atoms with E-state index in [1.165, 1.54) is 0 Å². The Morgan fingerprint density at radius 3 is 3.00 bits per heavy atom. The fraction of sp³-hybridized carbons (Fsp3) is 0.462. The SMILES string of the molecule is CCSCCCNC(=O)Cc1cccc(O)c1. The van der Waals surface area contributed by atoms with Crippen molar-refractivity contribution in [1.29, 1.82) is 0 Å². The molecule has 0 heterocycles. The molecule has 0 saturated carbocycles. The maximum Gasteiger partial charge on any atom is 0.224 e. The second-order valence-electron chi connectivity index (χ2n) is 3.75. The highest BCUT2D eigenvalue weighted by Crippen LogP contribution is 2.11. The van der Waals surface area contributed by atoms with Crippen molar-refractivity contribution in [3.63, 3.8) is 0 Å². The lowest BCUT2D eigenvalue weighted by Crippen LogP contribution is -2.26. The van der Waals surface area contributed by atoms with Crippen LogP contribution in [0.15, 0.2) is 24.3 Å². The molecule has 17 heavy (non-hydrogen) atoms. The van der Waals surface area contributed by atoms with E-state index < -0.39 is 0 Å². The molecule has 0 atom stereocenters. The largest absolute Gasteiger partial charge is 0.508 e. The highest BCUT2D eigenvalue weighted by molar-refractivity contribution is 7.99. The average molecular weight is 253 g/mol. The molecular weight excluding hydrogens is 234 g/mol. The molecule has 0 aliphatic heterocycles. The first-order chi connectivity index (χ1) is 8.22. The fourth-order valence-corrected chi connectivity index (χ4v) is 2.10. The summed E-state index contributed by atoms with van der Waals surface area (Å²) in [6, 6.07) is 6.80. The third-order valence-corrected chi connectivity index (χ3v) is 3.25. The zero-order valence-corrected chi connectivity index (χ0v) is 10.9. The number of hydrogen-bond acceptors (Lipinski definition) is 3. The second-order valence-corrected chi connectivity index (χ2v) is 5.14. The van der Waals surface area contributed by atoms with E-state index in [9.17, 15) is 9.90 Å². The van der Waals surface area contributed by atoms with Crippen LogP contribution in [0.3, 0.4) is 0 Å². The van der Waals surface area contributed by atoms with Crippen molar-refractivity contribution >= 4 is 17.7 Å². The zero-order chi connectivity index (χ0) is 12.5. The Kier molecular flexibility index (Phi) is 6.55. The average Bonchev–Trinajstić information content (AvgIpc) is 2.29. The number of phenols is 1. The Hall–Kier alpha value is -1.16. The molecule has 0 fully saturated rings. The molecule has 1 amide bonds. The summed E-state index contributed by atoms with van der Waals surface area (Å²) in [4.78, 5) is 11.6. The van der Waals surface area contributed by atoms with Gasteiger partial charge in [-0.1, -0.05) is 19.1 Å². The van der Waals surface area contributed by atoms with Gasteiger partial charge < -0.3 is 10.4 Å². The smallest absolute Gasteiger partial charge is 0.224 e. The highest BCUT2D eigenvalue weighted by atomic mass is 32.2. The van der Waals surface area contributed by atoms with Crippen LogP contribution in [0.5, 0.6) is 5.75 Å². The number of hydrogen-bond donors (Lipinski definition) is 2. The minimum absolute atomic E-state index is 0.0112. The van der Waals surface area contributed by atoms with Gasteiger partial charge in [0.2, 0.25) is 5.91 Å². The molecule has 0 unspecified atom stereocenters. The van der Waals surface area contributed by atoms with Crippen molar-refractivity contribution in [3.8, 4) is 5.75 Å². The Balaban J connectivity index is 2.21. The van der Waals surface area contributed by atoms with E-state index in [0.717, 1.165) is 30.0 Å². The summed E-state index contributed by atoms with van der Waals surface area (Å²) in [5.74, 6) is 2.42. The second kappa shape index (κ2) is 8.01. The van der Waals surface area contributed by atoms with Crippen LogP contribution in [0.4, 0.5) is 0 Å². The van der Waals surface area contributed by atoms with E-state index in [1.807, 2.05) is 17.8 Å². The predicted molar refractivity (Wildman–Crippen MR) is 72.4 cm³/mol. The van der Waals surface area contributed by atoms with Crippen LogP contribution < -0.4 is 5.32 Å². The number of nitrogens with one attached hydrogen (secondary N) is 1. The molecular formula is C13H19NO2S. The van der Waals surface area contributed by atoms with E-state index in [1.54, 1.807) is 18.2 Å². The maximum atomic E-state index is 11.6. The van der Waals surface area contributed by atoms with Gasteiger partial charge in [-0.2, -0.15) is 11.8 Å². The van der Waals surface area contributed by atoms with E-state index in [2.05, 4.69) is 12.2 Å². The van der Waals surface area contributed by atoms with Gasteiger partial charge in [-0.25, -0.2) is 0 Å².